The molecule has 2 N–H and O–H groups in total. The largest absolute Gasteiger partial charge is 0.327 e. The van der Waals surface area contributed by atoms with Crippen molar-refractivity contribution in [3.8, 4) is 0 Å². The van der Waals surface area contributed by atoms with Crippen molar-refractivity contribution in [2.45, 2.75) is 44.1 Å². The molecule has 112 valence electrons. The van der Waals surface area contributed by atoms with E-state index >= 15 is 0 Å². The van der Waals surface area contributed by atoms with Crippen LogP contribution in [0, 0.1) is 0 Å². The minimum absolute atomic E-state index is 0.135. The van der Waals surface area contributed by atoms with E-state index in [0.29, 0.717) is 0 Å². The summed E-state index contributed by atoms with van der Waals surface area (Å²) in [6.45, 7) is 2.13. The van der Waals surface area contributed by atoms with Gasteiger partial charge in [0.2, 0.25) is 0 Å². The van der Waals surface area contributed by atoms with Crippen molar-refractivity contribution in [1.29, 1.82) is 0 Å². The van der Waals surface area contributed by atoms with Crippen molar-refractivity contribution in [3.05, 3.63) is 51.8 Å². The Kier molecular flexibility index (Phi) is 3.93. The summed E-state index contributed by atoms with van der Waals surface area (Å²) >= 11 is 3.70. The maximum atomic E-state index is 6.60. The van der Waals surface area contributed by atoms with E-state index in [4.69, 9.17) is 5.73 Å². The number of rotatable bonds is 5. The fourth-order valence-corrected chi connectivity index (χ4v) is 4.00. The summed E-state index contributed by atoms with van der Waals surface area (Å²) in [5.74, 6) is 0. The lowest BCUT2D eigenvalue weighted by molar-refractivity contribution is 0.497. The zero-order valence-corrected chi connectivity index (χ0v) is 14.2. The summed E-state index contributed by atoms with van der Waals surface area (Å²) in [7, 11) is 2.01. The average Bonchev–Trinajstić information content (AvgIpc) is 3.27. The fraction of sp³-hybridized carbons (Fsp3) is 0.471. The monoisotopic (exact) mass is 347 g/mol. The van der Waals surface area contributed by atoms with Crippen LogP contribution in [0.5, 0.6) is 0 Å². The maximum Gasteiger partial charge on any atom is 0.0766 e. The third kappa shape index (κ3) is 2.55. The van der Waals surface area contributed by atoms with Gasteiger partial charge < -0.3 is 5.73 Å². The quantitative estimate of drug-likeness (QED) is 0.901. The van der Waals surface area contributed by atoms with Crippen molar-refractivity contribution in [2.75, 3.05) is 0 Å². The molecular formula is C17H22BrN3. The molecule has 1 heterocycles. The number of nitrogens with zero attached hydrogens (tertiary/aromatic N) is 2. The molecule has 1 unspecified atom stereocenters. The predicted molar refractivity (Wildman–Crippen MR) is 89.3 cm³/mol. The lowest BCUT2D eigenvalue weighted by Crippen LogP contribution is -2.37. The van der Waals surface area contributed by atoms with Gasteiger partial charge in [0, 0.05) is 24.9 Å². The van der Waals surface area contributed by atoms with E-state index in [-0.39, 0.29) is 11.5 Å². The topological polar surface area (TPSA) is 43.8 Å². The van der Waals surface area contributed by atoms with Gasteiger partial charge in [0.1, 0.15) is 0 Å². The van der Waals surface area contributed by atoms with Gasteiger partial charge in [-0.2, -0.15) is 5.10 Å². The third-order valence-corrected chi connectivity index (χ3v) is 5.68. The Morgan fingerprint density at radius 2 is 2.00 bits per heavy atom. The Labute approximate surface area is 134 Å². The average molecular weight is 348 g/mol. The number of aromatic nitrogens is 2. The minimum Gasteiger partial charge on any atom is -0.327 e. The molecule has 0 bridgehead atoms. The molecule has 3 rings (SSSR count). The lowest BCUT2D eigenvalue weighted by atomic mass is 9.86. The van der Waals surface area contributed by atoms with E-state index in [1.165, 1.54) is 24.1 Å². The first-order chi connectivity index (χ1) is 10.1. The van der Waals surface area contributed by atoms with Crippen LogP contribution in [0.2, 0.25) is 0 Å². The summed E-state index contributed by atoms with van der Waals surface area (Å²) in [5, 5.41) is 4.57. The van der Waals surface area contributed by atoms with Crippen molar-refractivity contribution in [1.82, 2.24) is 9.78 Å². The molecule has 0 saturated heterocycles. The Morgan fingerprint density at radius 3 is 2.52 bits per heavy atom. The third-order valence-electron chi connectivity index (χ3n) is 4.76. The Bertz CT molecular complexity index is 629. The number of aryl methyl sites for hydroxylation is 2. The summed E-state index contributed by atoms with van der Waals surface area (Å²) < 4.78 is 3.11. The molecular weight excluding hydrogens is 326 g/mol. The van der Waals surface area contributed by atoms with Gasteiger partial charge in [-0.3, -0.25) is 4.68 Å². The highest BCUT2D eigenvalue weighted by Crippen LogP contribution is 2.51. The highest BCUT2D eigenvalue weighted by Gasteiger charge is 2.49. The van der Waals surface area contributed by atoms with Gasteiger partial charge in [-0.15, -0.1) is 0 Å². The van der Waals surface area contributed by atoms with Crippen LogP contribution in [-0.4, -0.2) is 15.8 Å². The van der Waals surface area contributed by atoms with Crippen molar-refractivity contribution in [3.63, 3.8) is 0 Å². The first-order valence-corrected chi connectivity index (χ1v) is 8.39. The second-order valence-electron chi connectivity index (χ2n) is 6.02. The molecule has 2 aromatic rings. The second-order valence-corrected chi connectivity index (χ2v) is 6.81. The summed E-state index contributed by atoms with van der Waals surface area (Å²) in [6, 6.07) is 10.8. The maximum absolute atomic E-state index is 6.60. The van der Waals surface area contributed by atoms with Crippen LogP contribution in [0.4, 0.5) is 0 Å². The number of hydrogen-bond acceptors (Lipinski definition) is 2. The van der Waals surface area contributed by atoms with Crippen LogP contribution in [0.3, 0.4) is 0 Å². The Balaban J connectivity index is 1.84. The Hall–Kier alpha value is -1.13. The van der Waals surface area contributed by atoms with Crippen molar-refractivity contribution < 1.29 is 0 Å². The highest BCUT2D eigenvalue weighted by atomic mass is 79.9. The second kappa shape index (κ2) is 5.58. The van der Waals surface area contributed by atoms with Crippen molar-refractivity contribution in [2.24, 2.45) is 12.8 Å². The zero-order chi connectivity index (χ0) is 15.0. The van der Waals surface area contributed by atoms with E-state index < -0.39 is 0 Å². The molecule has 1 aromatic carbocycles. The predicted octanol–water partition coefficient (Wildman–Crippen LogP) is 3.35. The number of benzene rings is 1. The molecule has 0 aliphatic heterocycles. The molecule has 0 spiro atoms. The number of nitrogens with two attached hydrogens (primary N) is 1. The zero-order valence-electron chi connectivity index (χ0n) is 12.6. The van der Waals surface area contributed by atoms with Gasteiger partial charge >= 0.3 is 0 Å². The van der Waals surface area contributed by atoms with Crippen LogP contribution in [0.1, 0.15) is 36.7 Å². The molecule has 4 heteroatoms. The molecule has 0 radical (unpaired) electrons. The molecule has 1 aromatic heterocycles. The van der Waals surface area contributed by atoms with Gasteiger partial charge in [0.05, 0.1) is 15.9 Å². The molecule has 1 aliphatic rings. The van der Waals surface area contributed by atoms with Crippen LogP contribution in [-0.2, 0) is 25.3 Å². The smallest absolute Gasteiger partial charge is 0.0766 e. The van der Waals surface area contributed by atoms with Gasteiger partial charge in [-0.1, -0.05) is 37.3 Å². The molecule has 21 heavy (non-hydrogen) atoms. The van der Waals surface area contributed by atoms with E-state index in [2.05, 4.69) is 58.3 Å². The number of halogens is 1. The van der Waals surface area contributed by atoms with Crippen LogP contribution in [0.15, 0.2) is 34.8 Å². The summed E-state index contributed by atoms with van der Waals surface area (Å²) in [4.78, 5) is 0. The molecule has 3 nitrogen and oxygen atoms in total. The summed E-state index contributed by atoms with van der Waals surface area (Å²) in [5.41, 5.74) is 10.5. The minimum atomic E-state index is 0.135. The first-order valence-electron chi connectivity index (χ1n) is 7.60. The van der Waals surface area contributed by atoms with Crippen LogP contribution >= 0.6 is 15.9 Å². The molecule has 1 saturated carbocycles. The van der Waals surface area contributed by atoms with Crippen LogP contribution in [0.25, 0.3) is 0 Å². The molecule has 1 atom stereocenters. The van der Waals surface area contributed by atoms with Crippen LogP contribution < -0.4 is 5.73 Å². The molecule has 1 aliphatic carbocycles. The normalized spacial score (nSPS) is 17.7. The standard InChI is InChI=1S/C17H22BrN3/c1-3-13-16(18)14(21(2)20-13)11-15(19)17(9-10-17)12-7-5-4-6-8-12/h4-8,15H,3,9-11,19H2,1-2H3. The van der Waals surface area contributed by atoms with Gasteiger partial charge in [-0.25, -0.2) is 0 Å². The number of hydrogen-bond donors (Lipinski definition) is 1. The Morgan fingerprint density at radius 1 is 1.33 bits per heavy atom. The molecule has 0 amide bonds. The molecule has 1 fully saturated rings. The first kappa shape index (κ1) is 14.8. The fourth-order valence-electron chi connectivity index (χ4n) is 3.22. The summed E-state index contributed by atoms with van der Waals surface area (Å²) in [6.07, 6.45) is 4.18. The SMILES string of the molecule is CCc1nn(C)c(CC(N)C2(c3ccccc3)CC2)c1Br. The van der Waals surface area contributed by atoms with E-state index in [9.17, 15) is 0 Å². The van der Waals surface area contributed by atoms with Gasteiger partial charge in [0.15, 0.2) is 0 Å². The highest BCUT2D eigenvalue weighted by molar-refractivity contribution is 9.10. The van der Waals surface area contributed by atoms with Gasteiger partial charge in [0.25, 0.3) is 0 Å². The van der Waals surface area contributed by atoms with E-state index in [1.54, 1.807) is 0 Å². The van der Waals surface area contributed by atoms with Gasteiger partial charge in [-0.05, 0) is 40.8 Å². The van der Waals surface area contributed by atoms with E-state index in [0.717, 1.165) is 23.0 Å². The lowest BCUT2D eigenvalue weighted by Gasteiger charge is -2.24. The van der Waals surface area contributed by atoms with E-state index in [1.807, 2.05) is 11.7 Å². The van der Waals surface area contributed by atoms with Crippen molar-refractivity contribution >= 4 is 15.9 Å².